The van der Waals surface area contributed by atoms with Crippen LogP contribution in [-0.4, -0.2) is 19.9 Å². The lowest BCUT2D eigenvalue weighted by Crippen LogP contribution is -2.03. The molecule has 0 aliphatic rings. The summed E-state index contributed by atoms with van der Waals surface area (Å²) in [6, 6.07) is 3.85. The summed E-state index contributed by atoms with van der Waals surface area (Å²) in [4.78, 5) is 17.8. The molecule has 5 heteroatoms. The number of aromatic nitrogens is 4. The zero-order chi connectivity index (χ0) is 16.4. The summed E-state index contributed by atoms with van der Waals surface area (Å²) < 4.78 is 0. The topological polar surface area (TPSA) is 77.6 Å². The number of aryl methyl sites for hydroxylation is 1. The Morgan fingerprint density at radius 3 is 2.78 bits per heavy atom. The fraction of sp³-hybridized carbons (Fsp3) is 0.333. The van der Waals surface area contributed by atoms with Crippen molar-refractivity contribution in [1.82, 2.24) is 19.9 Å². The molecule has 3 aromatic heterocycles. The van der Waals surface area contributed by atoms with Crippen LogP contribution in [0.25, 0.3) is 22.3 Å². The van der Waals surface area contributed by atoms with E-state index in [0.29, 0.717) is 17.6 Å². The zero-order valence-corrected chi connectivity index (χ0v) is 13.7. The molecule has 0 spiro atoms. The van der Waals surface area contributed by atoms with E-state index in [-0.39, 0.29) is 0 Å². The summed E-state index contributed by atoms with van der Waals surface area (Å²) in [6.07, 6.45) is 7.61. The van der Waals surface area contributed by atoms with Crippen molar-refractivity contribution in [1.29, 1.82) is 0 Å². The van der Waals surface area contributed by atoms with Crippen LogP contribution < -0.4 is 5.73 Å². The number of hydrogen-bond donors (Lipinski definition) is 1. The Bertz CT molecular complexity index is 844. The molecule has 3 aromatic rings. The van der Waals surface area contributed by atoms with Gasteiger partial charge in [0.1, 0.15) is 5.82 Å². The first-order chi connectivity index (χ1) is 11.1. The molecule has 0 amide bonds. The Morgan fingerprint density at radius 2 is 2.04 bits per heavy atom. The number of pyridine rings is 2. The fourth-order valence-corrected chi connectivity index (χ4v) is 2.91. The monoisotopic (exact) mass is 307 g/mol. The highest BCUT2D eigenvalue weighted by Crippen LogP contribution is 2.31. The molecule has 0 aliphatic carbocycles. The van der Waals surface area contributed by atoms with Crippen LogP contribution in [0.5, 0.6) is 0 Å². The van der Waals surface area contributed by atoms with Crippen molar-refractivity contribution < 1.29 is 0 Å². The molecule has 0 aliphatic heterocycles. The lowest BCUT2D eigenvalue weighted by Gasteiger charge is -2.14. The molecule has 0 radical (unpaired) electrons. The number of rotatable bonds is 4. The molecule has 118 valence electrons. The summed E-state index contributed by atoms with van der Waals surface area (Å²) in [5.74, 6) is 1.51. The van der Waals surface area contributed by atoms with Gasteiger partial charge in [0.05, 0.1) is 11.7 Å². The van der Waals surface area contributed by atoms with Crippen LogP contribution in [0.3, 0.4) is 0 Å². The van der Waals surface area contributed by atoms with Crippen LogP contribution in [0.15, 0.2) is 30.7 Å². The van der Waals surface area contributed by atoms with Gasteiger partial charge in [-0.05, 0) is 37.0 Å². The van der Waals surface area contributed by atoms with Gasteiger partial charge in [0, 0.05) is 29.0 Å². The Morgan fingerprint density at radius 1 is 1.22 bits per heavy atom. The van der Waals surface area contributed by atoms with Gasteiger partial charge in [-0.25, -0.2) is 9.97 Å². The van der Waals surface area contributed by atoms with E-state index in [1.165, 1.54) is 0 Å². The van der Waals surface area contributed by atoms with Gasteiger partial charge in [-0.15, -0.1) is 0 Å². The third-order valence-electron chi connectivity index (χ3n) is 4.07. The molecule has 23 heavy (non-hydrogen) atoms. The van der Waals surface area contributed by atoms with Crippen LogP contribution in [0, 0.1) is 6.92 Å². The van der Waals surface area contributed by atoms with Crippen molar-refractivity contribution in [3.63, 3.8) is 0 Å². The number of anilines is 1. The van der Waals surface area contributed by atoms with E-state index in [1.54, 1.807) is 12.4 Å². The molecule has 5 nitrogen and oxygen atoms in total. The maximum absolute atomic E-state index is 6.27. The maximum Gasteiger partial charge on any atom is 0.162 e. The lowest BCUT2D eigenvalue weighted by molar-refractivity contribution is 0.667. The van der Waals surface area contributed by atoms with Crippen LogP contribution in [-0.2, 0) is 0 Å². The number of nitrogens with zero attached hydrogens (tertiary/aromatic N) is 4. The van der Waals surface area contributed by atoms with Crippen molar-refractivity contribution in [2.24, 2.45) is 0 Å². The molecule has 0 saturated heterocycles. The van der Waals surface area contributed by atoms with E-state index in [2.05, 4.69) is 33.8 Å². The van der Waals surface area contributed by atoms with Crippen molar-refractivity contribution in [3.8, 4) is 11.4 Å². The summed E-state index contributed by atoms with van der Waals surface area (Å²) in [7, 11) is 0. The fourth-order valence-electron chi connectivity index (χ4n) is 2.91. The van der Waals surface area contributed by atoms with Crippen LogP contribution >= 0.6 is 0 Å². The van der Waals surface area contributed by atoms with Gasteiger partial charge in [0.2, 0.25) is 0 Å². The Labute approximate surface area is 136 Å². The Kier molecular flexibility index (Phi) is 4.19. The van der Waals surface area contributed by atoms with E-state index in [4.69, 9.17) is 5.73 Å². The third kappa shape index (κ3) is 2.99. The lowest BCUT2D eigenvalue weighted by atomic mass is 9.95. The highest BCUT2D eigenvalue weighted by molar-refractivity contribution is 5.92. The maximum atomic E-state index is 6.27. The molecule has 3 heterocycles. The quantitative estimate of drug-likeness (QED) is 0.791. The normalized spacial score (nSPS) is 12.5. The number of nitrogen functional groups attached to an aromatic ring is 1. The molecular weight excluding hydrogens is 286 g/mol. The molecule has 1 unspecified atom stereocenters. The second-order valence-corrected chi connectivity index (χ2v) is 5.93. The SMILES string of the molecule is CCCC(C)c1cncc2nc(-c3ccnc(C)c3)nc(N)c12. The summed E-state index contributed by atoms with van der Waals surface area (Å²) in [5, 5.41) is 0.926. The summed E-state index contributed by atoms with van der Waals surface area (Å²) in [6.45, 7) is 6.32. The minimum absolute atomic E-state index is 0.385. The first-order valence-electron chi connectivity index (χ1n) is 7.94. The summed E-state index contributed by atoms with van der Waals surface area (Å²) >= 11 is 0. The van der Waals surface area contributed by atoms with Gasteiger partial charge < -0.3 is 5.73 Å². The highest BCUT2D eigenvalue weighted by atomic mass is 15.0. The Hall–Kier alpha value is -2.56. The van der Waals surface area contributed by atoms with Crippen molar-refractivity contribution in [3.05, 3.63) is 42.0 Å². The van der Waals surface area contributed by atoms with Crippen molar-refractivity contribution in [2.45, 2.75) is 39.5 Å². The van der Waals surface area contributed by atoms with E-state index in [9.17, 15) is 0 Å². The van der Waals surface area contributed by atoms with Gasteiger partial charge in [-0.2, -0.15) is 0 Å². The van der Waals surface area contributed by atoms with Gasteiger partial charge in [-0.1, -0.05) is 20.3 Å². The largest absolute Gasteiger partial charge is 0.383 e. The molecule has 0 aromatic carbocycles. The second-order valence-electron chi connectivity index (χ2n) is 5.93. The van der Waals surface area contributed by atoms with Gasteiger partial charge in [0.15, 0.2) is 5.82 Å². The predicted molar refractivity (Wildman–Crippen MR) is 93.0 cm³/mol. The highest BCUT2D eigenvalue weighted by Gasteiger charge is 2.15. The van der Waals surface area contributed by atoms with Crippen LogP contribution in [0.1, 0.15) is 43.9 Å². The second kappa shape index (κ2) is 6.28. The molecule has 2 N–H and O–H groups in total. The van der Waals surface area contributed by atoms with Crippen molar-refractivity contribution in [2.75, 3.05) is 5.73 Å². The van der Waals surface area contributed by atoms with Gasteiger partial charge in [-0.3, -0.25) is 9.97 Å². The average Bonchev–Trinajstić information content (AvgIpc) is 2.54. The van der Waals surface area contributed by atoms with Crippen LogP contribution in [0.2, 0.25) is 0 Å². The number of hydrogen-bond acceptors (Lipinski definition) is 5. The molecule has 0 saturated carbocycles. The van der Waals surface area contributed by atoms with Gasteiger partial charge in [0.25, 0.3) is 0 Å². The van der Waals surface area contributed by atoms with Crippen LogP contribution in [0.4, 0.5) is 5.82 Å². The Balaban J connectivity index is 2.17. The first-order valence-corrected chi connectivity index (χ1v) is 7.94. The summed E-state index contributed by atoms with van der Waals surface area (Å²) in [5.41, 5.74) is 10.0. The van der Waals surface area contributed by atoms with E-state index in [1.807, 2.05) is 25.3 Å². The van der Waals surface area contributed by atoms with E-state index in [0.717, 1.165) is 40.6 Å². The van der Waals surface area contributed by atoms with E-state index >= 15 is 0 Å². The molecule has 3 rings (SSSR count). The van der Waals surface area contributed by atoms with Gasteiger partial charge >= 0.3 is 0 Å². The minimum atomic E-state index is 0.385. The first kappa shape index (κ1) is 15.3. The average molecular weight is 307 g/mol. The van der Waals surface area contributed by atoms with Crippen molar-refractivity contribution >= 4 is 16.7 Å². The minimum Gasteiger partial charge on any atom is -0.383 e. The molecule has 1 atom stereocenters. The number of fused-ring (bicyclic) bond motifs is 1. The zero-order valence-electron chi connectivity index (χ0n) is 13.7. The van der Waals surface area contributed by atoms with E-state index < -0.39 is 0 Å². The number of nitrogens with two attached hydrogens (primary N) is 1. The third-order valence-corrected chi connectivity index (χ3v) is 4.07. The predicted octanol–water partition coefficient (Wildman–Crippen LogP) is 3.88. The molecular formula is C18H21N5. The molecule has 0 bridgehead atoms. The molecule has 0 fully saturated rings. The smallest absolute Gasteiger partial charge is 0.162 e. The standard InChI is InChI=1S/C18H21N5/c1-4-5-11(2)14-9-20-10-15-16(14)17(19)23-18(22-15)13-6-7-21-12(3)8-13/h6-11H,4-5H2,1-3H3,(H2,19,22,23).